The summed E-state index contributed by atoms with van der Waals surface area (Å²) >= 11 is 2.52. The highest BCUT2D eigenvalue weighted by atomic mass is 32.2. The number of nitrogens with zero attached hydrogens (tertiary/aromatic N) is 2. The van der Waals surface area contributed by atoms with Crippen LogP contribution in [0, 0.1) is 0 Å². The van der Waals surface area contributed by atoms with Crippen molar-refractivity contribution in [2.24, 2.45) is 0 Å². The lowest BCUT2D eigenvalue weighted by molar-refractivity contribution is -0.140. The van der Waals surface area contributed by atoms with Crippen molar-refractivity contribution in [1.82, 2.24) is 9.88 Å². The molecule has 1 fully saturated rings. The maximum Gasteiger partial charge on any atom is 0.327 e. The average molecular weight is 301 g/mol. The molecular weight excluding hydrogens is 290 g/mol. The molecule has 0 spiro atoms. The maximum atomic E-state index is 12.1. The van der Waals surface area contributed by atoms with Gasteiger partial charge in [0, 0.05) is 18.1 Å². The molecule has 0 radical (unpaired) electrons. The molecule has 102 valence electrons. The Labute approximate surface area is 117 Å². The smallest absolute Gasteiger partial charge is 0.327 e. The SMILES string of the molecule is CC(=O)Nc1nc(C(=O)N2CSCC2C(=O)O)cs1. The minimum absolute atomic E-state index is 0.155. The van der Waals surface area contributed by atoms with Gasteiger partial charge in [-0.2, -0.15) is 0 Å². The lowest BCUT2D eigenvalue weighted by atomic mass is 10.3. The topological polar surface area (TPSA) is 99.6 Å². The molecule has 2 N–H and O–H groups in total. The first-order valence-electron chi connectivity index (χ1n) is 5.33. The number of carboxylic acid groups (broad SMARTS) is 1. The molecule has 0 aromatic carbocycles. The van der Waals surface area contributed by atoms with E-state index in [2.05, 4.69) is 10.3 Å². The molecule has 1 saturated heterocycles. The number of thioether (sulfide) groups is 1. The van der Waals surface area contributed by atoms with Crippen molar-refractivity contribution in [1.29, 1.82) is 0 Å². The zero-order chi connectivity index (χ0) is 14.0. The molecule has 2 heterocycles. The Kier molecular flexibility index (Phi) is 4.05. The molecule has 0 bridgehead atoms. The fourth-order valence-corrected chi connectivity index (χ4v) is 3.45. The lowest BCUT2D eigenvalue weighted by Crippen LogP contribution is -2.41. The molecule has 2 amide bonds. The minimum Gasteiger partial charge on any atom is -0.480 e. The number of anilines is 1. The number of aromatic nitrogens is 1. The summed E-state index contributed by atoms with van der Waals surface area (Å²) in [6, 6.07) is -0.816. The Hall–Kier alpha value is -1.61. The molecule has 1 atom stereocenters. The summed E-state index contributed by atoms with van der Waals surface area (Å²) in [5.74, 6) is -0.999. The summed E-state index contributed by atoms with van der Waals surface area (Å²) in [5.41, 5.74) is 0.155. The summed E-state index contributed by atoms with van der Waals surface area (Å²) < 4.78 is 0. The molecule has 1 aromatic heterocycles. The molecule has 9 heteroatoms. The summed E-state index contributed by atoms with van der Waals surface area (Å²) in [6.07, 6.45) is 0. The third kappa shape index (κ3) is 3.04. The van der Waals surface area contributed by atoms with E-state index in [1.54, 1.807) is 0 Å². The van der Waals surface area contributed by atoms with Crippen molar-refractivity contribution in [2.75, 3.05) is 16.9 Å². The number of carbonyl (C=O) groups is 3. The molecule has 1 aliphatic rings. The van der Waals surface area contributed by atoms with Gasteiger partial charge >= 0.3 is 5.97 Å². The van der Waals surface area contributed by atoms with Crippen molar-refractivity contribution in [3.05, 3.63) is 11.1 Å². The van der Waals surface area contributed by atoms with E-state index in [0.29, 0.717) is 16.8 Å². The number of rotatable bonds is 3. The Morgan fingerprint density at radius 1 is 1.53 bits per heavy atom. The highest BCUT2D eigenvalue weighted by Crippen LogP contribution is 2.24. The number of carboxylic acids is 1. The summed E-state index contributed by atoms with van der Waals surface area (Å²) in [6.45, 7) is 1.35. The number of aliphatic carboxylic acids is 1. The van der Waals surface area contributed by atoms with Crippen LogP contribution in [0.15, 0.2) is 5.38 Å². The Bertz CT molecular complexity index is 531. The normalized spacial score (nSPS) is 18.4. The Morgan fingerprint density at radius 2 is 2.26 bits per heavy atom. The van der Waals surface area contributed by atoms with Crippen LogP contribution in [0.4, 0.5) is 5.13 Å². The van der Waals surface area contributed by atoms with Gasteiger partial charge in [-0.1, -0.05) is 0 Å². The second-order valence-corrected chi connectivity index (χ2v) is 5.71. The van der Waals surface area contributed by atoms with Crippen molar-refractivity contribution < 1.29 is 19.5 Å². The van der Waals surface area contributed by atoms with Crippen LogP contribution >= 0.6 is 23.1 Å². The van der Waals surface area contributed by atoms with Crippen LogP contribution in [0.25, 0.3) is 0 Å². The van der Waals surface area contributed by atoms with Crippen LogP contribution in [-0.2, 0) is 9.59 Å². The Morgan fingerprint density at radius 3 is 2.89 bits per heavy atom. The molecule has 7 nitrogen and oxygen atoms in total. The molecule has 2 rings (SSSR count). The van der Waals surface area contributed by atoms with Crippen molar-refractivity contribution in [3.63, 3.8) is 0 Å². The minimum atomic E-state index is -1.02. The van der Waals surface area contributed by atoms with E-state index in [9.17, 15) is 14.4 Å². The summed E-state index contributed by atoms with van der Waals surface area (Å²) in [5, 5.41) is 13.3. The van der Waals surface area contributed by atoms with E-state index in [0.717, 1.165) is 11.3 Å². The highest BCUT2D eigenvalue weighted by molar-refractivity contribution is 7.99. The average Bonchev–Trinajstić information content (AvgIpc) is 2.94. The molecule has 0 aliphatic carbocycles. The van der Waals surface area contributed by atoms with Crippen molar-refractivity contribution in [3.8, 4) is 0 Å². The van der Waals surface area contributed by atoms with E-state index in [1.165, 1.54) is 29.0 Å². The number of thiazole rings is 1. The van der Waals surface area contributed by atoms with Gasteiger partial charge in [-0.05, 0) is 0 Å². The third-order valence-corrected chi connectivity index (χ3v) is 4.20. The first kappa shape index (κ1) is 13.8. The predicted octanol–water partition coefficient (Wildman–Crippen LogP) is 0.701. The van der Waals surface area contributed by atoms with Crippen LogP contribution < -0.4 is 5.32 Å². The Balaban J connectivity index is 2.13. The highest BCUT2D eigenvalue weighted by Gasteiger charge is 2.35. The first-order valence-corrected chi connectivity index (χ1v) is 7.37. The zero-order valence-electron chi connectivity index (χ0n) is 9.95. The van der Waals surface area contributed by atoms with Gasteiger partial charge in [-0.15, -0.1) is 23.1 Å². The van der Waals surface area contributed by atoms with Crippen molar-refractivity contribution in [2.45, 2.75) is 13.0 Å². The fourth-order valence-electron chi connectivity index (χ4n) is 1.57. The van der Waals surface area contributed by atoms with Crippen LogP contribution in [0.3, 0.4) is 0 Å². The number of amides is 2. The third-order valence-electron chi connectivity index (χ3n) is 2.43. The first-order chi connectivity index (χ1) is 8.99. The maximum absolute atomic E-state index is 12.1. The van der Waals surface area contributed by atoms with Crippen molar-refractivity contribution >= 4 is 46.0 Å². The molecule has 1 unspecified atom stereocenters. The van der Waals surface area contributed by atoms with E-state index < -0.39 is 17.9 Å². The second-order valence-electron chi connectivity index (χ2n) is 3.85. The van der Waals surface area contributed by atoms with Gasteiger partial charge in [0.1, 0.15) is 11.7 Å². The summed E-state index contributed by atoms with van der Waals surface area (Å²) in [4.78, 5) is 39.3. The molecule has 1 aromatic rings. The molecule has 19 heavy (non-hydrogen) atoms. The van der Waals surface area contributed by atoms with Gasteiger partial charge in [0.25, 0.3) is 5.91 Å². The summed E-state index contributed by atoms with van der Waals surface area (Å²) in [7, 11) is 0. The lowest BCUT2D eigenvalue weighted by Gasteiger charge is -2.18. The standard InChI is InChI=1S/C10H11N3O4S2/c1-5(14)11-10-12-6(2-19-10)8(15)13-4-18-3-7(13)9(16)17/h2,7H,3-4H2,1H3,(H,16,17)(H,11,12,14). The quantitative estimate of drug-likeness (QED) is 0.852. The van der Waals surface area contributed by atoms with Crippen LogP contribution in [0.1, 0.15) is 17.4 Å². The number of nitrogens with one attached hydrogen (secondary N) is 1. The van der Waals surface area contributed by atoms with Crippen LogP contribution in [0.5, 0.6) is 0 Å². The van der Waals surface area contributed by atoms with Gasteiger partial charge in [0.15, 0.2) is 5.13 Å². The van der Waals surface area contributed by atoms with E-state index in [4.69, 9.17) is 5.11 Å². The number of hydrogen-bond donors (Lipinski definition) is 2. The van der Waals surface area contributed by atoms with E-state index in [-0.39, 0.29) is 11.6 Å². The molecule has 0 saturated carbocycles. The van der Waals surface area contributed by atoms with Crippen LogP contribution in [0.2, 0.25) is 0 Å². The van der Waals surface area contributed by atoms with E-state index in [1.807, 2.05) is 0 Å². The predicted molar refractivity (Wildman–Crippen MR) is 71.3 cm³/mol. The zero-order valence-corrected chi connectivity index (χ0v) is 11.6. The second kappa shape index (κ2) is 5.57. The van der Waals surface area contributed by atoms with Gasteiger partial charge in [0.05, 0.1) is 5.88 Å². The van der Waals surface area contributed by atoms with Crippen LogP contribution in [-0.4, -0.2) is 50.4 Å². The van der Waals surface area contributed by atoms with Gasteiger partial charge in [-0.25, -0.2) is 9.78 Å². The van der Waals surface area contributed by atoms with Gasteiger partial charge in [0.2, 0.25) is 5.91 Å². The largest absolute Gasteiger partial charge is 0.480 e. The monoisotopic (exact) mass is 301 g/mol. The van der Waals surface area contributed by atoms with Gasteiger partial charge in [-0.3, -0.25) is 9.59 Å². The molecule has 1 aliphatic heterocycles. The molecular formula is C10H11N3O4S2. The number of carbonyl (C=O) groups excluding carboxylic acids is 2. The fraction of sp³-hybridized carbons (Fsp3) is 0.400. The van der Waals surface area contributed by atoms with Gasteiger partial charge < -0.3 is 15.3 Å². The number of hydrogen-bond acceptors (Lipinski definition) is 6. The van der Waals surface area contributed by atoms with E-state index >= 15 is 0 Å².